The second kappa shape index (κ2) is 10.3. The largest absolute Gasteiger partial charge is 0.378 e. The first-order valence-corrected chi connectivity index (χ1v) is 7.75. The summed E-state index contributed by atoms with van der Waals surface area (Å²) in [5.74, 6) is 0. The molecule has 0 atom stereocenters. The highest BCUT2D eigenvalue weighted by molar-refractivity contribution is 5.82. The lowest BCUT2D eigenvalue weighted by Gasteiger charge is -2.07. The monoisotopic (exact) mass is 303 g/mol. The lowest BCUT2D eigenvalue weighted by atomic mass is 10.1. The number of hydrogen-bond acceptors (Lipinski definition) is 4. The first-order chi connectivity index (χ1) is 10.9. The van der Waals surface area contributed by atoms with E-state index in [1.165, 1.54) is 16.3 Å². The predicted octanol–water partition coefficient (Wildman–Crippen LogP) is 2.61. The van der Waals surface area contributed by atoms with Gasteiger partial charge in [0.1, 0.15) is 0 Å². The zero-order valence-corrected chi connectivity index (χ0v) is 13.2. The van der Waals surface area contributed by atoms with Crippen LogP contribution in [0.1, 0.15) is 5.56 Å². The fourth-order valence-electron chi connectivity index (χ4n) is 2.13. The number of hydrogen-bond donors (Lipinski definition) is 1. The van der Waals surface area contributed by atoms with Crippen LogP contribution in [0.5, 0.6) is 0 Å². The van der Waals surface area contributed by atoms with Crippen LogP contribution in [-0.4, -0.2) is 46.6 Å². The summed E-state index contributed by atoms with van der Waals surface area (Å²) in [5, 5.41) is 5.53. The average Bonchev–Trinajstić information content (AvgIpc) is 2.56. The van der Waals surface area contributed by atoms with Crippen LogP contribution in [0.3, 0.4) is 0 Å². The standard InChI is InChI=1S/C18H25NO3/c1-19-8-9-20-10-11-21-12-13-22-15-16-6-7-17-4-2-3-5-18(17)14-16/h2-7,14,19H,8-13,15H2,1H3. The van der Waals surface area contributed by atoms with Gasteiger partial charge < -0.3 is 19.5 Å². The number of likely N-dealkylation sites (N-methyl/N-ethyl adjacent to an activating group) is 1. The van der Waals surface area contributed by atoms with Crippen LogP contribution in [-0.2, 0) is 20.8 Å². The summed E-state index contributed by atoms with van der Waals surface area (Å²) in [6.07, 6.45) is 0. The molecule has 0 radical (unpaired) electrons. The fraction of sp³-hybridized carbons (Fsp3) is 0.444. The lowest BCUT2D eigenvalue weighted by molar-refractivity contribution is 0.0113. The molecule has 0 fully saturated rings. The summed E-state index contributed by atoms with van der Waals surface area (Å²) >= 11 is 0. The van der Waals surface area contributed by atoms with E-state index in [2.05, 4.69) is 47.8 Å². The Kier molecular flexibility index (Phi) is 7.91. The first kappa shape index (κ1) is 16.9. The van der Waals surface area contributed by atoms with Gasteiger partial charge in [0.05, 0.1) is 39.6 Å². The van der Waals surface area contributed by atoms with Gasteiger partial charge in [-0.15, -0.1) is 0 Å². The van der Waals surface area contributed by atoms with E-state index in [0.717, 1.165) is 13.2 Å². The smallest absolute Gasteiger partial charge is 0.0718 e. The molecule has 0 amide bonds. The molecule has 0 aliphatic heterocycles. The Hall–Kier alpha value is -1.46. The van der Waals surface area contributed by atoms with Crippen molar-refractivity contribution >= 4 is 10.8 Å². The third-order valence-corrected chi connectivity index (χ3v) is 3.32. The quantitative estimate of drug-likeness (QED) is 0.648. The minimum atomic E-state index is 0.600. The summed E-state index contributed by atoms with van der Waals surface area (Å²) in [4.78, 5) is 0. The summed E-state index contributed by atoms with van der Waals surface area (Å²) < 4.78 is 16.5. The van der Waals surface area contributed by atoms with Crippen LogP contribution < -0.4 is 5.32 Å². The van der Waals surface area contributed by atoms with Crippen LogP contribution in [0.4, 0.5) is 0 Å². The summed E-state index contributed by atoms with van der Waals surface area (Å²) in [6.45, 7) is 4.65. The Labute approximate surface area is 132 Å². The van der Waals surface area contributed by atoms with Gasteiger partial charge in [0, 0.05) is 6.54 Å². The Bertz CT molecular complexity index is 545. The molecule has 0 bridgehead atoms. The summed E-state index contributed by atoms with van der Waals surface area (Å²) in [7, 11) is 1.91. The number of nitrogens with one attached hydrogen (secondary N) is 1. The third-order valence-electron chi connectivity index (χ3n) is 3.32. The Morgan fingerprint density at radius 3 is 2.23 bits per heavy atom. The van der Waals surface area contributed by atoms with E-state index in [1.807, 2.05) is 7.05 Å². The molecule has 4 heteroatoms. The molecule has 1 N–H and O–H groups in total. The second-order valence-corrected chi connectivity index (χ2v) is 5.06. The highest BCUT2D eigenvalue weighted by Gasteiger charge is 1.97. The maximum atomic E-state index is 5.64. The molecule has 0 heterocycles. The van der Waals surface area contributed by atoms with Gasteiger partial charge in [-0.3, -0.25) is 0 Å². The van der Waals surface area contributed by atoms with Gasteiger partial charge in [-0.1, -0.05) is 36.4 Å². The van der Waals surface area contributed by atoms with E-state index in [1.54, 1.807) is 0 Å². The van der Waals surface area contributed by atoms with Crippen LogP contribution in [0, 0.1) is 0 Å². The zero-order valence-electron chi connectivity index (χ0n) is 13.2. The molecular formula is C18H25NO3. The molecule has 0 aromatic heterocycles. The fourth-order valence-corrected chi connectivity index (χ4v) is 2.13. The van der Waals surface area contributed by atoms with Crippen molar-refractivity contribution in [2.75, 3.05) is 46.6 Å². The average molecular weight is 303 g/mol. The number of fused-ring (bicyclic) bond motifs is 1. The molecule has 4 nitrogen and oxygen atoms in total. The van der Waals surface area contributed by atoms with Crippen LogP contribution in [0.25, 0.3) is 10.8 Å². The van der Waals surface area contributed by atoms with Gasteiger partial charge in [0.25, 0.3) is 0 Å². The van der Waals surface area contributed by atoms with Crippen LogP contribution in [0.2, 0.25) is 0 Å². The molecule has 0 saturated heterocycles. The molecular weight excluding hydrogens is 278 g/mol. The molecule has 2 rings (SSSR count). The molecule has 0 spiro atoms. The van der Waals surface area contributed by atoms with Crippen LogP contribution in [0.15, 0.2) is 42.5 Å². The topological polar surface area (TPSA) is 39.7 Å². The number of rotatable bonds is 11. The summed E-state index contributed by atoms with van der Waals surface area (Å²) in [5.41, 5.74) is 1.19. The van der Waals surface area contributed by atoms with Gasteiger partial charge in [0.2, 0.25) is 0 Å². The predicted molar refractivity (Wildman–Crippen MR) is 89.2 cm³/mol. The van der Waals surface area contributed by atoms with Crippen molar-refractivity contribution < 1.29 is 14.2 Å². The molecule has 0 saturated carbocycles. The molecule has 120 valence electrons. The van der Waals surface area contributed by atoms with Gasteiger partial charge in [-0.25, -0.2) is 0 Å². The highest BCUT2D eigenvalue weighted by Crippen LogP contribution is 2.16. The van der Waals surface area contributed by atoms with Crippen molar-refractivity contribution in [2.24, 2.45) is 0 Å². The Morgan fingerprint density at radius 2 is 1.45 bits per heavy atom. The van der Waals surface area contributed by atoms with E-state index in [0.29, 0.717) is 33.0 Å². The molecule has 0 aliphatic carbocycles. The minimum absolute atomic E-state index is 0.600. The van der Waals surface area contributed by atoms with Gasteiger partial charge in [0.15, 0.2) is 0 Å². The Morgan fingerprint density at radius 1 is 0.773 bits per heavy atom. The van der Waals surface area contributed by atoms with Crippen molar-refractivity contribution in [3.8, 4) is 0 Å². The molecule has 22 heavy (non-hydrogen) atoms. The second-order valence-electron chi connectivity index (χ2n) is 5.06. The molecule has 0 aliphatic rings. The van der Waals surface area contributed by atoms with Crippen LogP contribution >= 0.6 is 0 Å². The van der Waals surface area contributed by atoms with Crippen molar-refractivity contribution in [1.82, 2.24) is 5.32 Å². The van der Waals surface area contributed by atoms with Crippen molar-refractivity contribution in [1.29, 1.82) is 0 Å². The van der Waals surface area contributed by atoms with E-state index in [-0.39, 0.29) is 0 Å². The molecule has 2 aromatic carbocycles. The Balaban J connectivity index is 1.54. The third kappa shape index (κ3) is 6.12. The maximum absolute atomic E-state index is 5.64. The minimum Gasteiger partial charge on any atom is -0.378 e. The van der Waals surface area contributed by atoms with Crippen molar-refractivity contribution in [3.05, 3.63) is 48.0 Å². The van der Waals surface area contributed by atoms with E-state index in [9.17, 15) is 0 Å². The summed E-state index contributed by atoms with van der Waals surface area (Å²) in [6, 6.07) is 14.8. The maximum Gasteiger partial charge on any atom is 0.0718 e. The van der Waals surface area contributed by atoms with E-state index >= 15 is 0 Å². The first-order valence-electron chi connectivity index (χ1n) is 7.75. The number of benzene rings is 2. The van der Waals surface area contributed by atoms with E-state index < -0.39 is 0 Å². The zero-order chi connectivity index (χ0) is 15.5. The normalized spacial score (nSPS) is 11.1. The molecule has 0 unspecified atom stereocenters. The van der Waals surface area contributed by atoms with Crippen molar-refractivity contribution in [3.63, 3.8) is 0 Å². The van der Waals surface area contributed by atoms with Gasteiger partial charge in [-0.05, 0) is 29.4 Å². The SMILES string of the molecule is CNCCOCCOCCOCc1ccc2ccccc2c1. The number of ether oxygens (including phenoxy) is 3. The van der Waals surface area contributed by atoms with Crippen molar-refractivity contribution in [2.45, 2.75) is 6.61 Å². The van der Waals surface area contributed by atoms with Gasteiger partial charge >= 0.3 is 0 Å². The lowest BCUT2D eigenvalue weighted by Crippen LogP contribution is -2.16. The van der Waals surface area contributed by atoms with E-state index in [4.69, 9.17) is 14.2 Å². The molecule has 2 aromatic rings. The van der Waals surface area contributed by atoms with Gasteiger partial charge in [-0.2, -0.15) is 0 Å². The highest BCUT2D eigenvalue weighted by atomic mass is 16.5.